The number of aromatic nitrogens is 1. The van der Waals surface area contributed by atoms with E-state index in [0.717, 1.165) is 22.4 Å². The summed E-state index contributed by atoms with van der Waals surface area (Å²) < 4.78 is 5.22. The predicted octanol–water partition coefficient (Wildman–Crippen LogP) is 2.54. The molecule has 2 aromatic rings. The lowest BCUT2D eigenvalue weighted by Crippen LogP contribution is -1.94. The molecular weight excluding hydrogens is 176 g/mol. The van der Waals surface area contributed by atoms with E-state index >= 15 is 0 Å². The van der Waals surface area contributed by atoms with Crippen LogP contribution in [0.4, 0.5) is 5.69 Å². The van der Waals surface area contributed by atoms with Crippen LogP contribution in [-0.2, 0) is 0 Å². The largest absolute Gasteiger partial charge is 0.445 e. The van der Waals surface area contributed by atoms with Gasteiger partial charge in [0.15, 0.2) is 0 Å². The van der Waals surface area contributed by atoms with E-state index in [1.54, 1.807) is 12.5 Å². The topological polar surface area (TPSA) is 52.0 Å². The molecule has 72 valence electrons. The molecular formula is C11H12N2O. The van der Waals surface area contributed by atoms with Crippen LogP contribution in [0.15, 0.2) is 29.0 Å². The van der Waals surface area contributed by atoms with Gasteiger partial charge in [-0.3, -0.25) is 0 Å². The van der Waals surface area contributed by atoms with Gasteiger partial charge in [-0.15, -0.1) is 0 Å². The van der Waals surface area contributed by atoms with Gasteiger partial charge in [-0.05, 0) is 37.1 Å². The van der Waals surface area contributed by atoms with Crippen LogP contribution in [-0.4, -0.2) is 4.98 Å². The molecule has 1 heterocycles. The molecule has 0 saturated heterocycles. The first-order valence-electron chi connectivity index (χ1n) is 4.45. The number of hydrogen-bond donors (Lipinski definition) is 1. The Kier molecular flexibility index (Phi) is 2.00. The number of nitrogen functional groups attached to an aromatic ring is 1. The fourth-order valence-corrected chi connectivity index (χ4v) is 1.46. The molecule has 14 heavy (non-hydrogen) atoms. The van der Waals surface area contributed by atoms with Gasteiger partial charge in [0.1, 0.15) is 6.26 Å². The minimum absolute atomic E-state index is 0.635. The number of hydrogen-bond acceptors (Lipinski definition) is 3. The van der Waals surface area contributed by atoms with Gasteiger partial charge >= 0.3 is 0 Å². The first kappa shape index (κ1) is 8.81. The third-order valence-corrected chi connectivity index (χ3v) is 2.27. The van der Waals surface area contributed by atoms with Crippen molar-refractivity contribution >= 4 is 5.69 Å². The van der Waals surface area contributed by atoms with Crippen molar-refractivity contribution in [1.29, 1.82) is 0 Å². The zero-order chi connectivity index (χ0) is 10.1. The molecule has 3 nitrogen and oxygen atoms in total. The van der Waals surface area contributed by atoms with Gasteiger partial charge in [0, 0.05) is 11.3 Å². The van der Waals surface area contributed by atoms with E-state index in [-0.39, 0.29) is 0 Å². The summed E-state index contributed by atoms with van der Waals surface area (Å²) in [5.41, 5.74) is 9.77. The fraction of sp³-hybridized carbons (Fsp3) is 0.182. The second-order valence-electron chi connectivity index (χ2n) is 3.36. The van der Waals surface area contributed by atoms with Gasteiger partial charge < -0.3 is 10.2 Å². The van der Waals surface area contributed by atoms with E-state index in [1.807, 2.05) is 26.0 Å². The Labute approximate surface area is 82.6 Å². The Morgan fingerprint density at radius 3 is 2.36 bits per heavy atom. The molecule has 0 radical (unpaired) electrons. The summed E-state index contributed by atoms with van der Waals surface area (Å²) in [7, 11) is 0. The van der Waals surface area contributed by atoms with Gasteiger partial charge in [0.25, 0.3) is 0 Å². The maximum absolute atomic E-state index is 5.85. The van der Waals surface area contributed by atoms with Crippen LogP contribution in [0.2, 0.25) is 0 Å². The molecule has 0 aliphatic heterocycles. The summed E-state index contributed by atoms with van der Waals surface area (Å²) in [4.78, 5) is 4.09. The summed E-state index contributed by atoms with van der Waals surface area (Å²) in [6, 6.07) is 3.96. The highest BCUT2D eigenvalue weighted by Crippen LogP contribution is 2.25. The molecule has 1 aromatic carbocycles. The average molecular weight is 188 g/mol. The second kappa shape index (κ2) is 3.18. The molecule has 0 saturated carbocycles. The molecule has 0 atom stereocenters. The van der Waals surface area contributed by atoms with Crippen molar-refractivity contribution in [2.75, 3.05) is 5.73 Å². The third kappa shape index (κ3) is 1.37. The Morgan fingerprint density at radius 2 is 1.86 bits per heavy atom. The van der Waals surface area contributed by atoms with Gasteiger partial charge in [-0.1, -0.05) is 0 Å². The van der Waals surface area contributed by atoms with Gasteiger partial charge in [-0.25, -0.2) is 4.98 Å². The Hall–Kier alpha value is -1.77. The molecule has 0 aliphatic carbocycles. The number of anilines is 1. The van der Waals surface area contributed by atoms with Crippen LogP contribution in [0.1, 0.15) is 11.1 Å². The fourth-order valence-electron chi connectivity index (χ4n) is 1.46. The minimum Gasteiger partial charge on any atom is -0.445 e. The van der Waals surface area contributed by atoms with Gasteiger partial charge in [0.2, 0.25) is 5.89 Å². The predicted molar refractivity (Wildman–Crippen MR) is 55.8 cm³/mol. The van der Waals surface area contributed by atoms with E-state index in [2.05, 4.69) is 4.98 Å². The van der Waals surface area contributed by atoms with E-state index in [4.69, 9.17) is 10.2 Å². The lowest BCUT2D eigenvalue weighted by Gasteiger charge is -2.06. The monoisotopic (exact) mass is 188 g/mol. The van der Waals surface area contributed by atoms with E-state index in [1.165, 1.54) is 0 Å². The normalized spacial score (nSPS) is 10.4. The number of nitrogens with two attached hydrogens (primary N) is 1. The summed E-state index contributed by atoms with van der Waals surface area (Å²) in [5, 5.41) is 0. The van der Waals surface area contributed by atoms with Gasteiger partial charge in [0.05, 0.1) is 6.20 Å². The lowest BCUT2D eigenvalue weighted by atomic mass is 10.0. The quantitative estimate of drug-likeness (QED) is 0.699. The molecule has 0 aliphatic rings. The summed E-state index contributed by atoms with van der Waals surface area (Å²) in [6.45, 7) is 3.96. The molecule has 2 rings (SSSR count). The van der Waals surface area contributed by atoms with E-state index < -0.39 is 0 Å². The van der Waals surface area contributed by atoms with E-state index in [9.17, 15) is 0 Å². The molecule has 2 N–H and O–H groups in total. The zero-order valence-electron chi connectivity index (χ0n) is 8.24. The van der Waals surface area contributed by atoms with E-state index in [0.29, 0.717) is 5.89 Å². The number of benzene rings is 1. The summed E-state index contributed by atoms with van der Waals surface area (Å²) in [5.74, 6) is 0.635. The second-order valence-corrected chi connectivity index (χ2v) is 3.36. The van der Waals surface area contributed by atoms with Crippen LogP contribution in [0.5, 0.6) is 0 Å². The maximum atomic E-state index is 5.85. The Morgan fingerprint density at radius 1 is 1.21 bits per heavy atom. The van der Waals surface area contributed by atoms with Crippen LogP contribution in [0.3, 0.4) is 0 Å². The average Bonchev–Trinajstić information content (AvgIpc) is 2.66. The molecule has 0 amide bonds. The lowest BCUT2D eigenvalue weighted by molar-refractivity contribution is 0.574. The Balaban J connectivity index is 2.57. The highest BCUT2D eigenvalue weighted by molar-refractivity contribution is 5.64. The SMILES string of the molecule is Cc1cc(-c2ncco2)cc(C)c1N. The van der Waals surface area contributed by atoms with Crippen molar-refractivity contribution < 1.29 is 4.42 Å². The van der Waals surface area contributed by atoms with Crippen molar-refractivity contribution in [1.82, 2.24) is 4.98 Å². The van der Waals surface area contributed by atoms with Gasteiger partial charge in [-0.2, -0.15) is 0 Å². The maximum Gasteiger partial charge on any atom is 0.225 e. The molecule has 0 spiro atoms. The standard InChI is InChI=1S/C11H12N2O/c1-7-5-9(6-8(2)10(7)12)11-13-3-4-14-11/h3-6H,12H2,1-2H3. The highest BCUT2D eigenvalue weighted by Gasteiger charge is 2.06. The molecule has 0 fully saturated rings. The summed E-state index contributed by atoms with van der Waals surface area (Å²) in [6.07, 6.45) is 3.20. The van der Waals surface area contributed by atoms with Crippen molar-refractivity contribution in [3.8, 4) is 11.5 Å². The zero-order valence-corrected chi connectivity index (χ0v) is 8.24. The molecule has 0 bridgehead atoms. The molecule has 3 heteroatoms. The molecule has 0 unspecified atom stereocenters. The minimum atomic E-state index is 0.635. The first-order valence-corrected chi connectivity index (χ1v) is 4.45. The van der Waals surface area contributed by atoms with Crippen LogP contribution < -0.4 is 5.73 Å². The third-order valence-electron chi connectivity index (χ3n) is 2.27. The van der Waals surface area contributed by atoms with Crippen molar-refractivity contribution in [2.24, 2.45) is 0 Å². The van der Waals surface area contributed by atoms with Crippen LogP contribution in [0, 0.1) is 13.8 Å². The highest BCUT2D eigenvalue weighted by atomic mass is 16.3. The Bertz CT molecular complexity index is 423. The summed E-state index contributed by atoms with van der Waals surface area (Å²) >= 11 is 0. The van der Waals surface area contributed by atoms with Crippen LogP contribution >= 0.6 is 0 Å². The number of oxazole rings is 1. The van der Waals surface area contributed by atoms with Crippen molar-refractivity contribution in [3.05, 3.63) is 35.7 Å². The smallest absolute Gasteiger partial charge is 0.225 e. The van der Waals surface area contributed by atoms with Crippen molar-refractivity contribution in [3.63, 3.8) is 0 Å². The first-order chi connectivity index (χ1) is 6.68. The van der Waals surface area contributed by atoms with Crippen molar-refractivity contribution in [2.45, 2.75) is 13.8 Å². The number of nitrogens with zero attached hydrogens (tertiary/aromatic N) is 1. The molecule has 1 aromatic heterocycles. The van der Waals surface area contributed by atoms with Crippen LogP contribution in [0.25, 0.3) is 11.5 Å². The number of rotatable bonds is 1. The number of aryl methyl sites for hydroxylation is 2.